The Morgan fingerprint density at radius 1 is 1.20 bits per heavy atom. The highest BCUT2D eigenvalue weighted by Crippen LogP contribution is 2.27. The Morgan fingerprint density at radius 2 is 1.80 bits per heavy atom. The Labute approximate surface area is 119 Å². The summed E-state index contributed by atoms with van der Waals surface area (Å²) in [5, 5.41) is 18.7. The van der Waals surface area contributed by atoms with Crippen molar-refractivity contribution >= 4 is 12.0 Å². The molecule has 2 aliphatic heterocycles. The molecule has 0 saturated carbocycles. The quantitative estimate of drug-likeness (QED) is 0.792. The van der Waals surface area contributed by atoms with E-state index in [1.807, 2.05) is 0 Å². The fraction of sp³-hybridized carbons (Fsp3) is 0.857. The van der Waals surface area contributed by atoms with Gasteiger partial charge in [-0.05, 0) is 24.7 Å². The summed E-state index contributed by atoms with van der Waals surface area (Å²) >= 11 is 0. The van der Waals surface area contributed by atoms with Crippen LogP contribution >= 0.6 is 0 Å². The second kappa shape index (κ2) is 5.99. The van der Waals surface area contributed by atoms with Crippen LogP contribution in [-0.4, -0.2) is 63.8 Å². The van der Waals surface area contributed by atoms with E-state index in [9.17, 15) is 14.7 Å². The van der Waals surface area contributed by atoms with Crippen molar-refractivity contribution in [3.63, 3.8) is 0 Å². The van der Waals surface area contributed by atoms with Gasteiger partial charge in [-0.1, -0.05) is 13.8 Å². The maximum atomic E-state index is 12.4. The Bertz CT molecular complexity index is 377. The molecule has 6 nitrogen and oxygen atoms in total. The van der Waals surface area contributed by atoms with Crippen LogP contribution in [0.3, 0.4) is 0 Å². The molecular weight excluding hydrogens is 260 g/mol. The van der Waals surface area contributed by atoms with Crippen LogP contribution in [0.5, 0.6) is 0 Å². The third kappa shape index (κ3) is 3.06. The molecule has 2 atom stereocenters. The number of carboxylic acids is 1. The van der Waals surface area contributed by atoms with Crippen molar-refractivity contribution in [3.05, 3.63) is 0 Å². The van der Waals surface area contributed by atoms with Crippen molar-refractivity contribution in [3.8, 4) is 0 Å². The van der Waals surface area contributed by atoms with Crippen LogP contribution in [0.4, 0.5) is 4.79 Å². The maximum absolute atomic E-state index is 12.4. The summed E-state index contributed by atoms with van der Waals surface area (Å²) in [6.07, 6.45) is 1.34. The standard InChI is InChI=1S/C14H24N2O4/c1-9(2)10-3-5-15(6-4-10)14(20)16-8-11(17)7-12(16)13(18)19/h9-12,17H,3-8H2,1-2H3,(H,18,19)/t11?,12-/m0/s1. The number of aliphatic hydroxyl groups is 1. The molecule has 2 saturated heterocycles. The van der Waals surface area contributed by atoms with Crippen LogP contribution in [0, 0.1) is 11.8 Å². The first-order valence-electron chi connectivity index (χ1n) is 7.36. The molecule has 0 spiro atoms. The minimum atomic E-state index is -1.04. The number of β-amino-alcohol motifs (C(OH)–C–C–N with tert-alkyl or cyclic N) is 1. The van der Waals surface area contributed by atoms with Gasteiger partial charge < -0.3 is 20.0 Å². The van der Waals surface area contributed by atoms with Gasteiger partial charge in [0.2, 0.25) is 0 Å². The molecule has 0 aliphatic carbocycles. The minimum absolute atomic E-state index is 0.125. The summed E-state index contributed by atoms with van der Waals surface area (Å²) < 4.78 is 0. The molecule has 2 N–H and O–H groups in total. The zero-order chi connectivity index (χ0) is 14.9. The number of aliphatic carboxylic acids is 1. The van der Waals surface area contributed by atoms with Gasteiger partial charge >= 0.3 is 12.0 Å². The number of hydrogen-bond donors (Lipinski definition) is 2. The maximum Gasteiger partial charge on any atom is 0.326 e. The lowest BCUT2D eigenvalue weighted by atomic mass is 9.87. The molecule has 0 aromatic rings. The fourth-order valence-electron chi connectivity index (χ4n) is 3.20. The van der Waals surface area contributed by atoms with E-state index in [4.69, 9.17) is 5.11 Å². The number of urea groups is 1. The summed E-state index contributed by atoms with van der Waals surface area (Å²) in [6, 6.07) is -1.13. The molecule has 20 heavy (non-hydrogen) atoms. The highest BCUT2D eigenvalue weighted by Gasteiger charge is 2.41. The average Bonchev–Trinajstić information content (AvgIpc) is 2.80. The number of carbonyl (C=O) groups excluding carboxylic acids is 1. The van der Waals surface area contributed by atoms with Gasteiger partial charge in [-0.2, -0.15) is 0 Å². The monoisotopic (exact) mass is 284 g/mol. The van der Waals surface area contributed by atoms with Crippen LogP contribution in [0.1, 0.15) is 33.1 Å². The van der Waals surface area contributed by atoms with E-state index < -0.39 is 18.1 Å². The number of amides is 2. The lowest BCUT2D eigenvalue weighted by Crippen LogP contribution is -2.50. The van der Waals surface area contributed by atoms with Gasteiger partial charge in [0.25, 0.3) is 0 Å². The molecule has 114 valence electrons. The zero-order valence-corrected chi connectivity index (χ0v) is 12.2. The first-order chi connectivity index (χ1) is 9.40. The van der Waals surface area contributed by atoms with E-state index in [1.54, 1.807) is 4.90 Å². The predicted octanol–water partition coefficient (Wildman–Crippen LogP) is 0.994. The molecule has 2 heterocycles. The van der Waals surface area contributed by atoms with E-state index in [0.717, 1.165) is 12.8 Å². The van der Waals surface area contributed by atoms with Crippen molar-refractivity contribution < 1.29 is 19.8 Å². The topological polar surface area (TPSA) is 81.1 Å². The second-order valence-electron chi connectivity index (χ2n) is 6.25. The summed E-state index contributed by atoms with van der Waals surface area (Å²) in [4.78, 5) is 26.6. The van der Waals surface area contributed by atoms with Crippen molar-refractivity contribution in [1.29, 1.82) is 0 Å². The lowest BCUT2D eigenvalue weighted by molar-refractivity contribution is -0.141. The largest absolute Gasteiger partial charge is 0.480 e. The third-order valence-electron chi connectivity index (χ3n) is 4.56. The Kier molecular flexibility index (Phi) is 4.52. The van der Waals surface area contributed by atoms with Gasteiger partial charge in [-0.15, -0.1) is 0 Å². The predicted molar refractivity (Wildman–Crippen MR) is 73.3 cm³/mol. The summed E-state index contributed by atoms with van der Waals surface area (Å²) in [5.41, 5.74) is 0. The van der Waals surface area contributed by atoms with Gasteiger partial charge in [0.15, 0.2) is 0 Å². The van der Waals surface area contributed by atoms with E-state index in [-0.39, 0.29) is 19.0 Å². The van der Waals surface area contributed by atoms with Gasteiger partial charge in [-0.3, -0.25) is 0 Å². The van der Waals surface area contributed by atoms with Crippen molar-refractivity contribution in [1.82, 2.24) is 9.80 Å². The van der Waals surface area contributed by atoms with E-state index in [0.29, 0.717) is 24.9 Å². The first kappa shape index (κ1) is 15.1. The molecule has 0 radical (unpaired) electrons. The normalized spacial score (nSPS) is 28.2. The fourth-order valence-corrected chi connectivity index (χ4v) is 3.20. The molecule has 2 rings (SSSR count). The molecule has 6 heteroatoms. The Morgan fingerprint density at radius 3 is 2.30 bits per heavy atom. The molecule has 2 fully saturated rings. The number of carboxylic acid groups (broad SMARTS) is 1. The number of likely N-dealkylation sites (tertiary alicyclic amines) is 2. The van der Waals surface area contributed by atoms with E-state index in [2.05, 4.69) is 13.8 Å². The van der Waals surface area contributed by atoms with E-state index >= 15 is 0 Å². The molecule has 0 aromatic heterocycles. The first-order valence-corrected chi connectivity index (χ1v) is 7.36. The average molecular weight is 284 g/mol. The summed E-state index contributed by atoms with van der Waals surface area (Å²) in [5.74, 6) is 0.220. The molecular formula is C14H24N2O4. The van der Waals surface area contributed by atoms with Crippen molar-refractivity contribution in [2.75, 3.05) is 19.6 Å². The van der Waals surface area contributed by atoms with Crippen LogP contribution < -0.4 is 0 Å². The molecule has 2 aliphatic rings. The minimum Gasteiger partial charge on any atom is -0.480 e. The number of aliphatic hydroxyl groups excluding tert-OH is 1. The lowest BCUT2D eigenvalue weighted by Gasteiger charge is -2.36. The van der Waals surface area contributed by atoms with Crippen LogP contribution in [-0.2, 0) is 4.79 Å². The molecule has 0 bridgehead atoms. The second-order valence-corrected chi connectivity index (χ2v) is 6.25. The van der Waals surface area contributed by atoms with Gasteiger partial charge in [-0.25, -0.2) is 9.59 Å². The summed E-state index contributed by atoms with van der Waals surface area (Å²) in [7, 11) is 0. The smallest absolute Gasteiger partial charge is 0.326 e. The highest BCUT2D eigenvalue weighted by molar-refractivity contribution is 5.83. The van der Waals surface area contributed by atoms with Crippen LogP contribution in [0.15, 0.2) is 0 Å². The number of nitrogens with zero attached hydrogens (tertiary/aromatic N) is 2. The van der Waals surface area contributed by atoms with Gasteiger partial charge in [0, 0.05) is 26.1 Å². The van der Waals surface area contributed by atoms with E-state index in [1.165, 1.54) is 4.90 Å². The molecule has 1 unspecified atom stereocenters. The number of carbonyl (C=O) groups is 2. The van der Waals surface area contributed by atoms with Gasteiger partial charge in [0.05, 0.1) is 6.10 Å². The van der Waals surface area contributed by atoms with Crippen LogP contribution in [0.25, 0.3) is 0 Å². The highest BCUT2D eigenvalue weighted by atomic mass is 16.4. The molecule has 0 aromatic carbocycles. The number of hydrogen-bond acceptors (Lipinski definition) is 3. The number of rotatable bonds is 2. The zero-order valence-electron chi connectivity index (χ0n) is 12.2. The number of piperidine rings is 1. The SMILES string of the molecule is CC(C)C1CCN(C(=O)N2CC(O)C[C@H]2C(=O)O)CC1. The summed E-state index contributed by atoms with van der Waals surface area (Å²) in [6.45, 7) is 5.88. The van der Waals surface area contributed by atoms with Crippen molar-refractivity contribution in [2.45, 2.75) is 45.3 Å². The van der Waals surface area contributed by atoms with Gasteiger partial charge in [0.1, 0.15) is 6.04 Å². The molecule has 2 amide bonds. The van der Waals surface area contributed by atoms with Crippen LogP contribution in [0.2, 0.25) is 0 Å². The Hall–Kier alpha value is -1.30. The van der Waals surface area contributed by atoms with Crippen molar-refractivity contribution in [2.24, 2.45) is 11.8 Å². The third-order valence-corrected chi connectivity index (χ3v) is 4.56. The Balaban J connectivity index is 1.96.